The van der Waals surface area contributed by atoms with E-state index in [0.29, 0.717) is 22.6 Å². The smallest absolute Gasteiger partial charge is 0.230 e. The monoisotopic (exact) mass is 640 g/mol. The number of nitrogens with zero attached hydrogens (tertiary/aromatic N) is 5. The number of amides is 2. The van der Waals surface area contributed by atoms with Crippen LogP contribution in [0, 0.1) is 0 Å². The van der Waals surface area contributed by atoms with Crippen LogP contribution in [0.1, 0.15) is 94.6 Å². The first kappa shape index (κ1) is 29.8. The molecule has 2 fully saturated rings. The predicted octanol–water partition coefficient (Wildman–Crippen LogP) is 5.79. The third-order valence-electron chi connectivity index (χ3n) is 8.83. The Morgan fingerprint density at radius 2 is 1.29 bits per heavy atom. The van der Waals surface area contributed by atoms with Gasteiger partial charge in [0.2, 0.25) is 22.1 Å². The molecule has 1 saturated heterocycles. The molecule has 3 atom stereocenters. The van der Waals surface area contributed by atoms with E-state index in [-0.39, 0.29) is 36.1 Å². The Morgan fingerprint density at radius 3 is 1.87 bits per heavy atom. The Kier molecular flexibility index (Phi) is 9.04. The molecule has 4 heterocycles. The normalized spacial score (nSPS) is 21.4. The van der Waals surface area contributed by atoms with E-state index in [1.165, 1.54) is 28.2 Å². The zero-order valence-corrected chi connectivity index (χ0v) is 26.6. The number of carbonyl (C=O) groups is 2. The largest absolute Gasteiger partial charge is 0.317 e. The third-order valence-corrected chi connectivity index (χ3v) is 10.8. The number of carbonyl (C=O) groups excluding carboxylic acids is 2. The van der Waals surface area contributed by atoms with Gasteiger partial charge < -0.3 is 16.0 Å². The zero-order valence-electron chi connectivity index (χ0n) is 24.9. The van der Waals surface area contributed by atoms with Crippen molar-refractivity contribution < 1.29 is 9.59 Å². The molecule has 232 valence electrons. The Morgan fingerprint density at radius 1 is 0.733 bits per heavy atom. The first-order valence-electron chi connectivity index (χ1n) is 15.7. The molecule has 0 radical (unpaired) electrons. The van der Waals surface area contributed by atoms with E-state index in [9.17, 15) is 9.59 Å². The van der Waals surface area contributed by atoms with Crippen molar-refractivity contribution >= 4 is 51.0 Å². The highest BCUT2D eigenvalue weighted by atomic mass is 32.1. The third kappa shape index (κ3) is 7.69. The number of anilines is 2. The van der Waals surface area contributed by atoms with Gasteiger partial charge in [-0.1, -0.05) is 77.6 Å². The molecule has 3 aliphatic rings. The molecular weight excluding hydrogens is 605 g/mol. The summed E-state index contributed by atoms with van der Waals surface area (Å²) in [5.74, 6) is 0.871. The predicted molar refractivity (Wildman–Crippen MR) is 177 cm³/mol. The quantitative estimate of drug-likeness (QED) is 0.200. The van der Waals surface area contributed by atoms with Crippen LogP contribution >= 0.6 is 22.7 Å². The molecule has 10 nitrogen and oxygen atoms in total. The van der Waals surface area contributed by atoms with Gasteiger partial charge in [-0.15, -0.1) is 20.4 Å². The lowest BCUT2D eigenvalue weighted by atomic mass is 9.82. The van der Waals surface area contributed by atoms with Crippen molar-refractivity contribution in [3.05, 3.63) is 80.8 Å². The fraction of sp³-hybridized carbons (Fsp3) is 0.424. The molecule has 7 rings (SSSR count). The molecule has 1 aliphatic carbocycles. The average molecular weight is 641 g/mol. The van der Waals surface area contributed by atoms with Crippen molar-refractivity contribution in [2.24, 2.45) is 4.99 Å². The molecule has 12 heteroatoms. The molecule has 2 amide bonds. The fourth-order valence-corrected chi connectivity index (χ4v) is 8.26. The van der Waals surface area contributed by atoms with Gasteiger partial charge in [-0.05, 0) is 73.4 Å². The zero-order chi connectivity index (χ0) is 30.6. The SMILES string of the molecule is O=C(Cc1cccc(C2CCNCC2)c1)Nc1nnc([C@H]2CCC[C@H](c3nnc(NC(=O)Cc4cccc(C5C=N5)c4)s3)C2)s1. The van der Waals surface area contributed by atoms with Crippen molar-refractivity contribution in [2.45, 2.75) is 75.2 Å². The second kappa shape index (κ2) is 13.6. The molecule has 1 saturated carbocycles. The van der Waals surface area contributed by atoms with Gasteiger partial charge in [0.1, 0.15) is 16.1 Å². The van der Waals surface area contributed by atoms with Crippen LogP contribution in [0.5, 0.6) is 0 Å². The van der Waals surface area contributed by atoms with Gasteiger partial charge in [-0.3, -0.25) is 14.6 Å². The molecule has 3 N–H and O–H groups in total. The molecule has 2 aromatic heterocycles. The summed E-state index contributed by atoms with van der Waals surface area (Å²) < 4.78 is 0. The van der Waals surface area contributed by atoms with Gasteiger partial charge in [0, 0.05) is 18.1 Å². The highest BCUT2D eigenvalue weighted by Gasteiger charge is 2.29. The summed E-state index contributed by atoms with van der Waals surface area (Å²) in [6, 6.07) is 16.6. The number of hydrogen-bond acceptors (Lipinski definition) is 10. The molecule has 4 aromatic rings. The number of benzene rings is 2. The van der Waals surface area contributed by atoms with Crippen LogP contribution in [0.15, 0.2) is 53.5 Å². The van der Waals surface area contributed by atoms with Crippen molar-refractivity contribution in [3.8, 4) is 0 Å². The molecule has 0 bridgehead atoms. The van der Waals surface area contributed by atoms with E-state index in [4.69, 9.17) is 0 Å². The number of rotatable bonds is 10. The lowest BCUT2D eigenvalue weighted by molar-refractivity contribution is -0.116. The van der Waals surface area contributed by atoms with Gasteiger partial charge in [-0.2, -0.15) is 0 Å². The number of aromatic nitrogens is 4. The molecule has 1 unspecified atom stereocenters. The molecule has 2 aliphatic heterocycles. The summed E-state index contributed by atoms with van der Waals surface area (Å²) in [5.41, 5.74) is 4.41. The van der Waals surface area contributed by atoms with Crippen LogP contribution in [0.3, 0.4) is 0 Å². The van der Waals surface area contributed by atoms with Gasteiger partial charge in [0.15, 0.2) is 0 Å². The van der Waals surface area contributed by atoms with E-state index in [2.05, 4.69) is 59.5 Å². The lowest BCUT2D eigenvalue weighted by Crippen LogP contribution is -2.26. The van der Waals surface area contributed by atoms with E-state index >= 15 is 0 Å². The average Bonchev–Trinajstić information content (AvgIpc) is 3.64. The van der Waals surface area contributed by atoms with Crippen molar-refractivity contribution in [3.63, 3.8) is 0 Å². The Bertz CT molecular complexity index is 1690. The lowest BCUT2D eigenvalue weighted by Gasteiger charge is -2.25. The second-order valence-electron chi connectivity index (χ2n) is 12.2. The molecular formula is C33H36N8O2S2. The summed E-state index contributed by atoms with van der Waals surface area (Å²) in [5, 5.41) is 29.7. The van der Waals surface area contributed by atoms with Gasteiger partial charge in [-0.25, -0.2) is 0 Å². The molecule has 2 aromatic carbocycles. The number of aliphatic imine (C=N–C) groups is 1. The van der Waals surface area contributed by atoms with Crippen LogP contribution < -0.4 is 16.0 Å². The maximum Gasteiger partial charge on any atom is 0.230 e. The first-order chi connectivity index (χ1) is 22.1. The van der Waals surface area contributed by atoms with Gasteiger partial charge in [0.05, 0.1) is 12.8 Å². The second-order valence-corrected chi connectivity index (χ2v) is 14.2. The van der Waals surface area contributed by atoms with E-state index in [1.807, 2.05) is 36.5 Å². The van der Waals surface area contributed by atoms with Crippen LogP contribution in [0.25, 0.3) is 0 Å². The van der Waals surface area contributed by atoms with Crippen molar-refractivity contribution in [1.29, 1.82) is 0 Å². The van der Waals surface area contributed by atoms with Gasteiger partial charge >= 0.3 is 0 Å². The topological polar surface area (TPSA) is 134 Å². The maximum atomic E-state index is 12.9. The van der Waals surface area contributed by atoms with Gasteiger partial charge in [0.25, 0.3) is 0 Å². The minimum Gasteiger partial charge on any atom is -0.317 e. The van der Waals surface area contributed by atoms with E-state index < -0.39 is 0 Å². The first-order valence-corrected chi connectivity index (χ1v) is 17.4. The van der Waals surface area contributed by atoms with Crippen LogP contribution in [0.4, 0.5) is 10.3 Å². The Balaban J connectivity index is 0.911. The summed E-state index contributed by atoms with van der Waals surface area (Å²) in [4.78, 5) is 29.8. The summed E-state index contributed by atoms with van der Waals surface area (Å²) in [6.07, 6.45) is 8.75. The number of nitrogens with one attached hydrogen (secondary N) is 3. The maximum absolute atomic E-state index is 12.9. The molecule has 0 spiro atoms. The minimum absolute atomic E-state index is 0.0743. The summed E-state index contributed by atoms with van der Waals surface area (Å²) >= 11 is 2.91. The summed E-state index contributed by atoms with van der Waals surface area (Å²) in [6.45, 7) is 2.09. The highest BCUT2D eigenvalue weighted by Crippen LogP contribution is 2.43. The Labute approximate surface area is 270 Å². The molecule has 45 heavy (non-hydrogen) atoms. The van der Waals surface area contributed by atoms with Crippen molar-refractivity contribution in [1.82, 2.24) is 25.7 Å². The number of hydrogen-bond donors (Lipinski definition) is 3. The number of piperidine rings is 1. The van der Waals surface area contributed by atoms with E-state index in [0.717, 1.165) is 78.3 Å². The van der Waals surface area contributed by atoms with E-state index in [1.54, 1.807) is 0 Å². The van der Waals surface area contributed by atoms with Crippen LogP contribution in [-0.4, -0.2) is 51.5 Å². The van der Waals surface area contributed by atoms with Crippen molar-refractivity contribution in [2.75, 3.05) is 23.7 Å². The summed E-state index contributed by atoms with van der Waals surface area (Å²) in [7, 11) is 0. The van der Waals surface area contributed by atoms with Crippen LogP contribution in [0.2, 0.25) is 0 Å². The fourth-order valence-electron chi connectivity index (χ4n) is 6.45. The highest BCUT2D eigenvalue weighted by molar-refractivity contribution is 7.15. The Hall–Kier alpha value is -3.87. The van der Waals surface area contributed by atoms with Crippen LogP contribution in [-0.2, 0) is 22.4 Å². The standard InChI is InChI=1S/C33H36N8O2S2/c42-28(16-20-4-1-6-23(14-20)22-10-12-34-13-11-22)36-32-40-38-30(44-32)25-8-3-9-26(18-25)31-39-41-33(45-31)37-29(43)17-21-5-2-7-24(15-21)27-19-35-27/h1-2,4-7,14-15,19,22,25-27,34H,3,8-13,16-18H2,(H,36,40,42)(H,37,41,43)/t25-,26-,27?/m0/s1. The minimum atomic E-state index is -0.106.